The predicted octanol–water partition coefficient (Wildman–Crippen LogP) is 1.40. The normalized spacial score (nSPS) is 21.8. The Hall–Kier alpha value is -1.04. The van der Waals surface area contributed by atoms with Crippen LogP contribution in [-0.4, -0.2) is 94.5 Å². The van der Waals surface area contributed by atoms with Crippen LogP contribution in [0.3, 0.4) is 0 Å². The van der Waals surface area contributed by atoms with Gasteiger partial charge in [-0.3, -0.25) is 4.90 Å². The van der Waals surface area contributed by atoms with Crippen molar-refractivity contribution < 1.29 is 16.8 Å². The molecular formula is C22H38N4O4S2. The zero-order chi connectivity index (χ0) is 23.4. The van der Waals surface area contributed by atoms with E-state index in [0.717, 1.165) is 24.9 Å². The fourth-order valence-corrected chi connectivity index (χ4v) is 7.78. The van der Waals surface area contributed by atoms with Crippen LogP contribution in [0.2, 0.25) is 0 Å². The highest BCUT2D eigenvalue weighted by Crippen LogP contribution is 2.22. The average Bonchev–Trinajstić information content (AvgIpc) is 2.75. The molecule has 2 fully saturated rings. The quantitative estimate of drug-likeness (QED) is 0.568. The highest BCUT2D eigenvalue weighted by atomic mass is 32.2. The predicted molar refractivity (Wildman–Crippen MR) is 128 cm³/mol. The smallest absolute Gasteiger partial charge is 0.243 e. The first-order valence-electron chi connectivity index (χ1n) is 11.6. The molecular weight excluding hydrogens is 448 g/mol. The van der Waals surface area contributed by atoms with Gasteiger partial charge in [-0.25, -0.2) is 16.8 Å². The highest BCUT2D eigenvalue weighted by Gasteiger charge is 2.31. The van der Waals surface area contributed by atoms with Crippen LogP contribution in [0, 0.1) is 13.8 Å². The van der Waals surface area contributed by atoms with Gasteiger partial charge >= 0.3 is 0 Å². The fraction of sp³-hybridized carbons (Fsp3) is 0.727. The zero-order valence-corrected chi connectivity index (χ0v) is 21.2. The lowest BCUT2D eigenvalue weighted by Gasteiger charge is -2.35. The molecule has 0 radical (unpaired) electrons. The van der Waals surface area contributed by atoms with Crippen LogP contribution in [0.5, 0.6) is 0 Å². The molecule has 0 saturated carbocycles. The number of aryl methyl sites for hydroxylation is 2. The van der Waals surface area contributed by atoms with Crippen molar-refractivity contribution in [1.82, 2.24) is 18.8 Å². The Labute approximate surface area is 194 Å². The van der Waals surface area contributed by atoms with Crippen LogP contribution in [0.4, 0.5) is 0 Å². The van der Waals surface area contributed by atoms with Crippen molar-refractivity contribution in [3.05, 3.63) is 29.3 Å². The average molecular weight is 487 g/mol. The van der Waals surface area contributed by atoms with Crippen molar-refractivity contribution in [2.75, 3.05) is 58.1 Å². The lowest BCUT2D eigenvalue weighted by molar-refractivity contribution is 0.152. The third-order valence-corrected chi connectivity index (χ3v) is 10.5. The van der Waals surface area contributed by atoms with E-state index in [2.05, 4.69) is 17.1 Å². The minimum atomic E-state index is -3.81. The fourth-order valence-electron chi connectivity index (χ4n) is 4.58. The van der Waals surface area contributed by atoms with E-state index in [-0.39, 0.29) is 23.7 Å². The molecule has 1 aromatic rings. The summed E-state index contributed by atoms with van der Waals surface area (Å²) in [6.07, 6.45) is 3.43. The van der Waals surface area contributed by atoms with E-state index in [9.17, 15) is 16.8 Å². The van der Waals surface area contributed by atoms with E-state index >= 15 is 0 Å². The molecule has 182 valence electrons. The number of rotatable bonds is 9. The molecule has 0 aromatic heterocycles. The van der Waals surface area contributed by atoms with E-state index < -0.39 is 20.0 Å². The van der Waals surface area contributed by atoms with Crippen LogP contribution in [0.1, 0.15) is 37.3 Å². The Morgan fingerprint density at radius 3 is 2.41 bits per heavy atom. The first kappa shape index (κ1) is 25.6. The molecule has 1 aromatic carbocycles. The minimum Gasteiger partial charge on any atom is -0.314 e. The molecule has 0 unspecified atom stereocenters. The summed E-state index contributed by atoms with van der Waals surface area (Å²) in [6, 6.07) is 5.71. The number of hydrogen-bond donors (Lipinski definition) is 1. The summed E-state index contributed by atoms with van der Waals surface area (Å²) in [6.45, 7) is 9.82. The van der Waals surface area contributed by atoms with Gasteiger partial charge < -0.3 is 5.32 Å². The van der Waals surface area contributed by atoms with Crippen molar-refractivity contribution in [3.8, 4) is 0 Å². The molecule has 3 rings (SSSR count). The molecule has 0 spiro atoms. The van der Waals surface area contributed by atoms with Crippen molar-refractivity contribution in [2.45, 2.75) is 51.0 Å². The number of benzene rings is 1. The number of piperazine rings is 1. The van der Waals surface area contributed by atoms with Crippen molar-refractivity contribution >= 4 is 20.0 Å². The van der Waals surface area contributed by atoms with Gasteiger partial charge in [0, 0.05) is 51.9 Å². The Balaban J connectivity index is 1.79. The van der Waals surface area contributed by atoms with Crippen molar-refractivity contribution in [1.29, 1.82) is 0 Å². The van der Waals surface area contributed by atoms with Crippen LogP contribution < -0.4 is 5.32 Å². The monoisotopic (exact) mass is 486 g/mol. The Bertz CT molecular complexity index is 976. The van der Waals surface area contributed by atoms with E-state index in [1.165, 1.54) is 15.0 Å². The molecule has 1 N–H and O–H groups in total. The van der Waals surface area contributed by atoms with Crippen LogP contribution in [-0.2, 0) is 20.0 Å². The second-order valence-electron chi connectivity index (χ2n) is 9.02. The number of nitrogens with zero attached hydrogens (tertiary/aromatic N) is 3. The molecule has 2 heterocycles. The summed E-state index contributed by atoms with van der Waals surface area (Å²) in [5.41, 5.74) is 1.68. The first-order chi connectivity index (χ1) is 15.1. The summed E-state index contributed by atoms with van der Waals surface area (Å²) < 4.78 is 55.8. The molecule has 10 heteroatoms. The summed E-state index contributed by atoms with van der Waals surface area (Å²) in [5.74, 6) is -0.202. The van der Waals surface area contributed by atoms with Gasteiger partial charge in [0.05, 0.1) is 10.6 Å². The minimum absolute atomic E-state index is 0.0376. The van der Waals surface area contributed by atoms with Gasteiger partial charge in [0.1, 0.15) is 0 Å². The third kappa shape index (κ3) is 6.30. The third-order valence-electron chi connectivity index (χ3n) is 6.59. The largest absolute Gasteiger partial charge is 0.314 e. The molecule has 1 atom stereocenters. The molecule has 32 heavy (non-hydrogen) atoms. The summed E-state index contributed by atoms with van der Waals surface area (Å²) in [5, 5.41) is 3.15. The Kier molecular flexibility index (Phi) is 8.73. The van der Waals surface area contributed by atoms with Crippen LogP contribution >= 0.6 is 0 Å². The summed E-state index contributed by atoms with van der Waals surface area (Å²) in [4.78, 5) is 2.58. The van der Waals surface area contributed by atoms with Crippen LogP contribution in [0.25, 0.3) is 0 Å². The molecule has 0 aliphatic carbocycles. The van der Waals surface area contributed by atoms with Gasteiger partial charge in [0.15, 0.2) is 0 Å². The zero-order valence-electron chi connectivity index (χ0n) is 19.6. The molecule has 0 bridgehead atoms. The number of hydrogen-bond acceptors (Lipinski definition) is 6. The molecule has 2 aliphatic rings. The lowest BCUT2D eigenvalue weighted by Crippen LogP contribution is -2.49. The molecule has 8 nitrogen and oxygen atoms in total. The standard InChI is InChI=1S/C22H38N4O4S2/c1-19-7-8-22(20(2)18-19)32(29,30)26(15-14-24-11-5-4-6-21(24)3)16-17-31(27,28)25-12-9-23-10-13-25/h7-8,18,21,23H,4-6,9-17H2,1-3H3/t21-/m1/s1. The van der Waals surface area contributed by atoms with Gasteiger partial charge in [-0.1, -0.05) is 24.1 Å². The second-order valence-corrected chi connectivity index (χ2v) is 13.0. The van der Waals surface area contributed by atoms with Crippen molar-refractivity contribution in [2.24, 2.45) is 0 Å². The molecule has 2 aliphatic heterocycles. The topological polar surface area (TPSA) is 90.0 Å². The Morgan fingerprint density at radius 1 is 1.03 bits per heavy atom. The maximum absolute atomic E-state index is 13.6. The number of likely N-dealkylation sites (tertiary alicyclic amines) is 1. The van der Waals surface area contributed by atoms with E-state index in [0.29, 0.717) is 44.3 Å². The molecule has 2 saturated heterocycles. The maximum Gasteiger partial charge on any atom is 0.243 e. The summed E-state index contributed by atoms with van der Waals surface area (Å²) in [7, 11) is -7.33. The van der Waals surface area contributed by atoms with Crippen molar-refractivity contribution in [3.63, 3.8) is 0 Å². The van der Waals surface area contributed by atoms with E-state index in [1.54, 1.807) is 19.1 Å². The Morgan fingerprint density at radius 2 is 1.75 bits per heavy atom. The van der Waals surface area contributed by atoms with Gasteiger partial charge in [0.2, 0.25) is 20.0 Å². The second kappa shape index (κ2) is 10.9. The van der Waals surface area contributed by atoms with Gasteiger partial charge in [0.25, 0.3) is 0 Å². The maximum atomic E-state index is 13.6. The highest BCUT2D eigenvalue weighted by molar-refractivity contribution is 7.90. The van der Waals surface area contributed by atoms with Gasteiger partial charge in [-0.2, -0.15) is 8.61 Å². The number of sulfonamides is 2. The first-order valence-corrected chi connectivity index (χ1v) is 14.7. The SMILES string of the molecule is Cc1ccc(S(=O)(=O)N(CCN2CCCC[C@H]2C)CCS(=O)(=O)N2CCNCC2)c(C)c1. The number of piperidine rings is 1. The van der Waals surface area contributed by atoms with E-state index in [4.69, 9.17) is 0 Å². The van der Waals surface area contributed by atoms with Gasteiger partial charge in [-0.15, -0.1) is 0 Å². The molecule has 0 amide bonds. The van der Waals surface area contributed by atoms with Crippen LogP contribution in [0.15, 0.2) is 23.1 Å². The number of nitrogens with one attached hydrogen (secondary N) is 1. The lowest BCUT2D eigenvalue weighted by atomic mass is 10.0. The summed E-state index contributed by atoms with van der Waals surface area (Å²) >= 11 is 0. The van der Waals surface area contributed by atoms with Gasteiger partial charge in [-0.05, 0) is 51.8 Å². The van der Waals surface area contributed by atoms with E-state index in [1.807, 2.05) is 13.0 Å².